The fourth-order valence-corrected chi connectivity index (χ4v) is 3.29. The van der Waals surface area contributed by atoms with Crippen molar-refractivity contribution in [1.82, 2.24) is 4.98 Å². The van der Waals surface area contributed by atoms with E-state index in [4.69, 9.17) is 21.1 Å². The summed E-state index contributed by atoms with van der Waals surface area (Å²) < 4.78 is 10.6. The largest absolute Gasteiger partial charge is 0.497 e. The highest BCUT2D eigenvalue weighted by molar-refractivity contribution is 7.11. The predicted molar refractivity (Wildman–Crippen MR) is 109 cm³/mol. The summed E-state index contributed by atoms with van der Waals surface area (Å²) in [5.41, 5.74) is 2.86. The lowest BCUT2D eigenvalue weighted by Crippen LogP contribution is -1.96. The van der Waals surface area contributed by atoms with Gasteiger partial charge in [-0.05, 0) is 24.3 Å². The summed E-state index contributed by atoms with van der Waals surface area (Å²) in [5.74, 6) is 1.33. The Balaban J connectivity index is 1.86. The molecule has 0 amide bonds. The van der Waals surface area contributed by atoms with Crippen molar-refractivity contribution in [1.29, 1.82) is 5.26 Å². The molecule has 0 radical (unpaired) electrons. The van der Waals surface area contributed by atoms with Gasteiger partial charge in [0.25, 0.3) is 0 Å². The Labute approximate surface area is 166 Å². The minimum absolute atomic E-state index is 0.421. The lowest BCUT2D eigenvalue weighted by molar-refractivity contribution is 0.405. The number of nitrogens with one attached hydrogen (secondary N) is 1. The molecule has 0 aliphatic heterocycles. The Morgan fingerprint density at radius 2 is 1.96 bits per heavy atom. The van der Waals surface area contributed by atoms with E-state index in [-0.39, 0.29) is 0 Å². The number of nitrogens with zero attached hydrogens (tertiary/aromatic N) is 2. The number of nitriles is 1. The van der Waals surface area contributed by atoms with E-state index in [1.54, 1.807) is 38.6 Å². The van der Waals surface area contributed by atoms with Gasteiger partial charge in [-0.15, -0.1) is 11.3 Å². The fourth-order valence-electron chi connectivity index (χ4n) is 2.37. The first-order valence-corrected chi connectivity index (χ1v) is 9.21. The molecule has 0 atom stereocenters. The van der Waals surface area contributed by atoms with Crippen molar-refractivity contribution >= 4 is 34.2 Å². The molecule has 0 saturated carbocycles. The van der Waals surface area contributed by atoms with E-state index in [9.17, 15) is 5.26 Å². The summed E-state index contributed by atoms with van der Waals surface area (Å²) in [6, 6.07) is 15.0. The summed E-state index contributed by atoms with van der Waals surface area (Å²) in [6.07, 6.45) is 1.61. The van der Waals surface area contributed by atoms with Crippen LogP contribution in [0.5, 0.6) is 11.5 Å². The van der Waals surface area contributed by atoms with Crippen LogP contribution in [-0.2, 0) is 0 Å². The Hall–Kier alpha value is -3.01. The first kappa shape index (κ1) is 18.8. The van der Waals surface area contributed by atoms with E-state index >= 15 is 0 Å². The average molecular weight is 398 g/mol. The normalized spacial score (nSPS) is 11.0. The van der Waals surface area contributed by atoms with Crippen LogP contribution in [0.3, 0.4) is 0 Å². The first-order valence-electron chi connectivity index (χ1n) is 7.95. The Bertz CT molecular complexity index is 1010. The minimum atomic E-state index is 0.421. The molecule has 1 N–H and O–H groups in total. The Morgan fingerprint density at radius 3 is 2.63 bits per heavy atom. The third kappa shape index (κ3) is 4.40. The van der Waals surface area contributed by atoms with Gasteiger partial charge in [0.2, 0.25) is 0 Å². The summed E-state index contributed by atoms with van der Waals surface area (Å²) in [5, 5.41) is 15.8. The van der Waals surface area contributed by atoms with E-state index in [1.807, 2.05) is 29.6 Å². The van der Waals surface area contributed by atoms with Crippen molar-refractivity contribution in [2.24, 2.45) is 0 Å². The van der Waals surface area contributed by atoms with Gasteiger partial charge in [0, 0.05) is 28.2 Å². The average Bonchev–Trinajstić information content (AvgIpc) is 3.18. The highest BCUT2D eigenvalue weighted by atomic mass is 35.5. The molecule has 0 spiro atoms. The van der Waals surface area contributed by atoms with Crippen molar-refractivity contribution in [3.05, 3.63) is 64.1 Å². The molecular formula is C20H16ClN3O2S. The van der Waals surface area contributed by atoms with Gasteiger partial charge in [-0.2, -0.15) is 5.26 Å². The number of hydrogen-bond donors (Lipinski definition) is 1. The molecule has 3 aromatic rings. The van der Waals surface area contributed by atoms with Crippen molar-refractivity contribution in [2.75, 3.05) is 19.5 Å². The molecule has 1 aromatic heterocycles. The van der Waals surface area contributed by atoms with E-state index in [0.717, 1.165) is 11.3 Å². The second-order valence-corrected chi connectivity index (χ2v) is 6.72. The Morgan fingerprint density at radius 1 is 1.19 bits per heavy atom. The monoisotopic (exact) mass is 397 g/mol. The molecule has 0 unspecified atom stereocenters. The molecule has 0 bridgehead atoms. The molecule has 136 valence electrons. The minimum Gasteiger partial charge on any atom is -0.497 e. The lowest BCUT2D eigenvalue weighted by Gasteiger charge is -2.10. The number of thiazole rings is 1. The number of hydrogen-bond acceptors (Lipinski definition) is 6. The second-order valence-electron chi connectivity index (χ2n) is 5.43. The van der Waals surface area contributed by atoms with Crippen LogP contribution in [0.2, 0.25) is 5.02 Å². The van der Waals surface area contributed by atoms with Crippen molar-refractivity contribution in [3.8, 4) is 28.8 Å². The SMILES string of the molecule is COc1ccc(OC)c(N/C=C(/C#N)c2nc(-c3ccc(Cl)cc3)cs2)c1. The third-order valence-corrected chi connectivity index (χ3v) is 4.90. The van der Waals surface area contributed by atoms with E-state index in [2.05, 4.69) is 16.4 Å². The number of benzene rings is 2. The van der Waals surface area contributed by atoms with Gasteiger partial charge in [-0.3, -0.25) is 0 Å². The molecule has 7 heteroatoms. The van der Waals surface area contributed by atoms with Crippen LogP contribution < -0.4 is 14.8 Å². The van der Waals surface area contributed by atoms with Crippen LogP contribution in [0.1, 0.15) is 5.01 Å². The molecular weight excluding hydrogens is 382 g/mol. The van der Waals surface area contributed by atoms with Crippen LogP contribution in [0.4, 0.5) is 5.69 Å². The third-order valence-electron chi connectivity index (χ3n) is 3.77. The number of rotatable bonds is 6. The predicted octanol–water partition coefficient (Wildman–Crippen LogP) is 5.46. The molecule has 3 rings (SSSR count). The van der Waals surface area contributed by atoms with E-state index in [0.29, 0.717) is 32.8 Å². The number of allylic oxidation sites excluding steroid dienone is 1. The number of anilines is 1. The Kier molecular flexibility index (Phi) is 5.97. The molecule has 0 aliphatic rings. The molecule has 0 fully saturated rings. The molecule has 27 heavy (non-hydrogen) atoms. The smallest absolute Gasteiger partial charge is 0.142 e. The second kappa shape index (κ2) is 8.58. The van der Waals surface area contributed by atoms with Gasteiger partial charge in [0.15, 0.2) is 0 Å². The lowest BCUT2D eigenvalue weighted by atomic mass is 10.2. The van der Waals surface area contributed by atoms with E-state index in [1.165, 1.54) is 11.3 Å². The summed E-state index contributed by atoms with van der Waals surface area (Å²) in [6.45, 7) is 0. The number of ether oxygens (including phenoxy) is 2. The molecule has 1 heterocycles. The fraction of sp³-hybridized carbons (Fsp3) is 0.100. The number of aromatic nitrogens is 1. The van der Waals surface area contributed by atoms with Gasteiger partial charge < -0.3 is 14.8 Å². The zero-order valence-corrected chi connectivity index (χ0v) is 16.3. The topological polar surface area (TPSA) is 67.2 Å². The van der Waals surface area contributed by atoms with Gasteiger partial charge >= 0.3 is 0 Å². The van der Waals surface area contributed by atoms with Gasteiger partial charge in [-0.25, -0.2) is 4.98 Å². The number of halogens is 1. The van der Waals surface area contributed by atoms with Crippen LogP contribution in [0, 0.1) is 11.3 Å². The quantitative estimate of drug-likeness (QED) is 0.559. The van der Waals surface area contributed by atoms with Crippen LogP contribution in [-0.4, -0.2) is 19.2 Å². The van der Waals surface area contributed by atoms with Crippen LogP contribution >= 0.6 is 22.9 Å². The molecule has 0 saturated heterocycles. The highest BCUT2D eigenvalue weighted by Gasteiger charge is 2.10. The standard InChI is InChI=1S/C20H16ClN3O2S/c1-25-16-7-8-19(26-2)17(9-16)23-11-14(10-22)20-24-18(12-27-20)13-3-5-15(21)6-4-13/h3-9,11-12,23H,1-2H3/b14-11-. The maximum atomic E-state index is 9.54. The zero-order valence-electron chi connectivity index (χ0n) is 14.7. The van der Waals surface area contributed by atoms with Gasteiger partial charge in [-0.1, -0.05) is 23.7 Å². The summed E-state index contributed by atoms with van der Waals surface area (Å²) >= 11 is 7.33. The maximum absolute atomic E-state index is 9.54. The van der Waals surface area contributed by atoms with Crippen molar-refractivity contribution in [2.45, 2.75) is 0 Å². The number of methoxy groups -OCH3 is 2. The van der Waals surface area contributed by atoms with Crippen molar-refractivity contribution in [3.63, 3.8) is 0 Å². The highest BCUT2D eigenvalue weighted by Crippen LogP contribution is 2.30. The van der Waals surface area contributed by atoms with Crippen LogP contribution in [0.25, 0.3) is 16.8 Å². The summed E-state index contributed by atoms with van der Waals surface area (Å²) in [4.78, 5) is 4.56. The van der Waals surface area contributed by atoms with Crippen LogP contribution in [0.15, 0.2) is 54.0 Å². The summed E-state index contributed by atoms with van der Waals surface area (Å²) in [7, 11) is 3.18. The zero-order chi connectivity index (χ0) is 19.2. The molecule has 0 aliphatic carbocycles. The molecule has 2 aromatic carbocycles. The first-order chi connectivity index (χ1) is 13.1. The van der Waals surface area contributed by atoms with Crippen molar-refractivity contribution < 1.29 is 9.47 Å². The maximum Gasteiger partial charge on any atom is 0.142 e. The van der Waals surface area contributed by atoms with E-state index < -0.39 is 0 Å². The van der Waals surface area contributed by atoms with Gasteiger partial charge in [0.1, 0.15) is 28.1 Å². The molecule has 5 nitrogen and oxygen atoms in total. The van der Waals surface area contributed by atoms with Gasteiger partial charge in [0.05, 0.1) is 25.6 Å².